The summed E-state index contributed by atoms with van der Waals surface area (Å²) in [5.74, 6) is 1.58. The van der Waals surface area contributed by atoms with Gasteiger partial charge in [-0.25, -0.2) is 9.97 Å². The van der Waals surface area contributed by atoms with Gasteiger partial charge in [-0.1, -0.05) is 50.2 Å². The molecule has 0 aliphatic carbocycles. The van der Waals surface area contributed by atoms with E-state index in [2.05, 4.69) is 49.6 Å². The second-order valence-corrected chi connectivity index (χ2v) is 9.93. The van der Waals surface area contributed by atoms with E-state index in [9.17, 15) is 0 Å². The van der Waals surface area contributed by atoms with E-state index in [1.165, 1.54) is 4.88 Å². The lowest BCUT2D eigenvalue weighted by Crippen LogP contribution is -2.38. The molecule has 9 heteroatoms. The van der Waals surface area contributed by atoms with Crippen LogP contribution in [0, 0.1) is 0 Å². The second kappa shape index (κ2) is 15.4. The minimum atomic E-state index is 0.366. The van der Waals surface area contributed by atoms with Crippen molar-refractivity contribution in [3.05, 3.63) is 70.7 Å². The minimum Gasteiger partial charge on any atom is -0.494 e. The van der Waals surface area contributed by atoms with Crippen LogP contribution < -0.4 is 15.4 Å². The van der Waals surface area contributed by atoms with Gasteiger partial charge in [0.1, 0.15) is 17.1 Å². The molecule has 3 aromatic heterocycles. The van der Waals surface area contributed by atoms with Crippen LogP contribution in [0.3, 0.4) is 0 Å². The molecule has 5 rings (SSSR count). The van der Waals surface area contributed by atoms with Gasteiger partial charge in [0.25, 0.3) is 0 Å². The van der Waals surface area contributed by atoms with E-state index in [0.29, 0.717) is 23.3 Å². The van der Waals surface area contributed by atoms with E-state index in [0.717, 1.165) is 60.8 Å². The van der Waals surface area contributed by atoms with Crippen molar-refractivity contribution < 1.29 is 4.74 Å². The van der Waals surface area contributed by atoms with Crippen LogP contribution in [0.4, 0.5) is 5.69 Å². The smallest absolute Gasteiger partial charge is 0.180 e. The van der Waals surface area contributed by atoms with Crippen molar-refractivity contribution in [1.29, 1.82) is 0 Å². The average molecular weight is 555 g/mol. The van der Waals surface area contributed by atoms with E-state index in [-0.39, 0.29) is 0 Å². The van der Waals surface area contributed by atoms with Gasteiger partial charge in [-0.2, -0.15) is 0 Å². The van der Waals surface area contributed by atoms with Gasteiger partial charge in [-0.05, 0) is 49.5 Å². The molecule has 1 fully saturated rings. The first-order valence-electron chi connectivity index (χ1n) is 13.2. The van der Waals surface area contributed by atoms with Gasteiger partial charge >= 0.3 is 0 Å². The molecule has 1 saturated heterocycles. The Kier molecular flexibility index (Phi) is 11.9. The van der Waals surface area contributed by atoms with Crippen molar-refractivity contribution >= 4 is 39.8 Å². The summed E-state index contributed by atoms with van der Waals surface area (Å²) in [4.78, 5) is 16.5. The Labute approximate surface area is 235 Å². The summed E-state index contributed by atoms with van der Waals surface area (Å²) in [6.07, 6.45) is 5.45. The fraction of sp³-hybridized carbons (Fsp3) is 0.379. The third-order valence-corrected chi connectivity index (χ3v) is 7.14. The Bertz CT molecular complexity index is 1250. The Hall–Kier alpha value is -3.07. The summed E-state index contributed by atoms with van der Waals surface area (Å²) in [7, 11) is 1.81. The normalized spacial score (nSPS) is 13.6. The monoisotopic (exact) mass is 554 g/mol. The van der Waals surface area contributed by atoms with Crippen LogP contribution in [0.1, 0.15) is 38.5 Å². The molecule has 38 heavy (non-hydrogen) atoms. The Morgan fingerprint density at radius 3 is 2.66 bits per heavy atom. The minimum absolute atomic E-state index is 0.366. The molecular formula is C29H39ClN6OS. The molecule has 3 N–H and O–H groups in total. The zero-order valence-corrected chi connectivity index (χ0v) is 24.3. The molecule has 0 bridgehead atoms. The number of fused-ring (bicyclic) bond motifs is 1. The maximum atomic E-state index is 6.57. The largest absolute Gasteiger partial charge is 0.494 e. The second-order valence-electron chi connectivity index (χ2n) is 8.49. The van der Waals surface area contributed by atoms with Gasteiger partial charge in [0.2, 0.25) is 0 Å². The van der Waals surface area contributed by atoms with Crippen LogP contribution in [-0.2, 0) is 6.54 Å². The number of benzene rings is 1. The predicted octanol–water partition coefficient (Wildman–Crippen LogP) is 7.19. The highest BCUT2D eigenvalue weighted by Crippen LogP contribution is 2.33. The van der Waals surface area contributed by atoms with Gasteiger partial charge in [0, 0.05) is 43.2 Å². The average Bonchev–Trinajstić information content (AvgIpc) is 3.63. The van der Waals surface area contributed by atoms with Crippen molar-refractivity contribution in [3.63, 3.8) is 0 Å². The molecule has 0 atom stereocenters. The lowest BCUT2D eigenvalue weighted by atomic mass is 10.0. The van der Waals surface area contributed by atoms with Crippen molar-refractivity contribution in [3.8, 4) is 17.1 Å². The number of ether oxygens (including phenoxy) is 1. The number of H-pyrrole nitrogens is 1. The summed E-state index contributed by atoms with van der Waals surface area (Å²) in [5.41, 5.74) is 3.34. The molecular weight excluding hydrogens is 516 g/mol. The molecule has 0 unspecified atom stereocenters. The van der Waals surface area contributed by atoms with Gasteiger partial charge < -0.3 is 20.4 Å². The highest BCUT2D eigenvalue weighted by atomic mass is 35.5. The summed E-state index contributed by atoms with van der Waals surface area (Å²) < 4.78 is 5.63. The van der Waals surface area contributed by atoms with Crippen LogP contribution in [0.2, 0.25) is 5.02 Å². The number of likely N-dealkylation sites (tertiary alicyclic amines) is 1. The van der Waals surface area contributed by atoms with Crippen LogP contribution in [0.15, 0.2) is 60.8 Å². The summed E-state index contributed by atoms with van der Waals surface area (Å²) in [5, 5.41) is 9.12. The zero-order chi connectivity index (χ0) is 27.3. The SMILES string of the molecule is C=CNC.CC.CCOc1cccc(-c2nc3ncc(Cl)c(NC4CCN(Cc5cccs5)CC4)c3[nH]2)c1. The molecule has 1 aromatic carbocycles. The number of piperidine rings is 1. The highest BCUT2D eigenvalue weighted by molar-refractivity contribution is 7.09. The van der Waals surface area contributed by atoms with Crippen molar-refractivity contribution in [1.82, 2.24) is 25.2 Å². The summed E-state index contributed by atoms with van der Waals surface area (Å²) in [6.45, 7) is 13.1. The first-order chi connectivity index (χ1) is 18.6. The van der Waals surface area contributed by atoms with Gasteiger partial charge in [-0.3, -0.25) is 4.90 Å². The number of nitrogens with zero attached hydrogens (tertiary/aromatic N) is 3. The number of pyridine rings is 1. The van der Waals surface area contributed by atoms with Crippen LogP contribution >= 0.6 is 22.9 Å². The number of imidazole rings is 1. The molecule has 4 aromatic rings. The van der Waals surface area contributed by atoms with Gasteiger partial charge in [-0.15, -0.1) is 11.3 Å². The first-order valence-corrected chi connectivity index (χ1v) is 14.4. The Morgan fingerprint density at radius 2 is 2.00 bits per heavy atom. The maximum absolute atomic E-state index is 6.57. The molecule has 204 valence electrons. The number of hydrogen-bond donors (Lipinski definition) is 3. The molecule has 1 aliphatic rings. The van der Waals surface area contributed by atoms with Gasteiger partial charge in [0.15, 0.2) is 5.65 Å². The number of aromatic nitrogens is 3. The molecule has 0 saturated carbocycles. The van der Waals surface area contributed by atoms with E-state index >= 15 is 0 Å². The number of hydrogen-bond acceptors (Lipinski definition) is 7. The van der Waals surface area contributed by atoms with Crippen LogP contribution in [-0.4, -0.2) is 52.6 Å². The number of nitrogens with one attached hydrogen (secondary N) is 3. The van der Waals surface area contributed by atoms with Crippen LogP contribution in [0.5, 0.6) is 5.75 Å². The molecule has 1 aliphatic heterocycles. The van der Waals surface area contributed by atoms with E-state index in [4.69, 9.17) is 21.3 Å². The lowest BCUT2D eigenvalue weighted by molar-refractivity contribution is 0.213. The van der Waals surface area contributed by atoms with Crippen LogP contribution in [0.25, 0.3) is 22.6 Å². The molecule has 0 radical (unpaired) electrons. The Morgan fingerprint density at radius 1 is 1.24 bits per heavy atom. The number of aromatic amines is 1. The number of rotatable bonds is 8. The quantitative estimate of drug-likeness (QED) is 0.214. The molecule has 0 amide bonds. The van der Waals surface area contributed by atoms with E-state index in [1.54, 1.807) is 12.4 Å². The van der Waals surface area contributed by atoms with Crippen molar-refractivity contribution in [2.75, 3.05) is 32.1 Å². The first kappa shape index (κ1) is 29.5. The maximum Gasteiger partial charge on any atom is 0.180 e. The zero-order valence-electron chi connectivity index (χ0n) is 22.8. The molecule has 0 spiro atoms. The van der Waals surface area contributed by atoms with Crippen molar-refractivity contribution in [2.45, 2.75) is 46.2 Å². The third-order valence-electron chi connectivity index (χ3n) is 5.99. The van der Waals surface area contributed by atoms with E-state index in [1.807, 2.05) is 63.4 Å². The third kappa shape index (κ3) is 7.96. The summed E-state index contributed by atoms with van der Waals surface area (Å²) >= 11 is 8.39. The van der Waals surface area contributed by atoms with E-state index < -0.39 is 0 Å². The topological polar surface area (TPSA) is 78.1 Å². The molecule has 4 heterocycles. The number of halogens is 1. The predicted molar refractivity (Wildman–Crippen MR) is 162 cm³/mol. The number of anilines is 1. The fourth-order valence-electron chi connectivity index (χ4n) is 4.17. The highest BCUT2D eigenvalue weighted by Gasteiger charge is 2.22. The molecule has 7 nitrogen and oxygen atoms in total. The standard InChI is InChI=1S/C24H26ClN5OS.C3H7N.C2H6/c1-2-31-18-6-3-5-16(13-18)23-28-22-21(20(25)14-26-24(22)29-23)27-17-8-10-30(11-9-17)15-19-7-4-12-32-19;1-3-4-2;1-2/h3-7,12-14,17H,2,8-11,15H2,1H3,(H2,26,27,28,29);3-4H,1H2,2H3;1-2H3. The summed E-state index contributed by atoms with van der Waals surface area (Å²) in [6, 6.07) is 12.6. The van der Waals surface area contributed by atoms with Crippen molar-refractivity contribution in [2.24, 2.45) is 0 Å². The van der Waals surface area contributed by atoms with Gasteiger partial charge in [0.05, 0.1) is 23.5 Å². The fourth-order valence-corrected chi connectivity index (χ4v) is 5.12. The number of thiophene rings is 1. The Balaban J connectivity index is 0.000000612. The lowest BCUT2D eigenvalue weighted by Gasteiger charge is -2.32.